The predicted molar refractivity (Wildman–Crippen MR) is 31.2 cm³/mol. The van der Waals surface area contributed by atoms with E-state index in [1.807, 2.05) is 24.8 Å². The van der Waals surface area contributed by atoms with Gasteiger partial charge in [-0.1, -0.05) is 6.92 Å². The summed E-state index contributed by atoms with van der Waals surface area (Å²) in [5.74, 6) is 0. The average molecular weight is 112 g/mol. The van der Waals surface area contributed by atoms with E-state index in [0.29, 0.717) is 0 Å². The number of hydrogen-bond donors (Lipinski definition) is 0. The van der Waals surface area contributed by atoms with Gasteiger partial charge in [0.1, 0.15) is 0 Å². The molecule has 1 heterocycles. The number of hydrogen-bond acceptors (Lipinski definition) is 2. The van der Waals surface area contributed by atoms with Gasteiger partial charge >= 0.3 is 0 Å². The van der Waals surface area contributed by atoms with E-state index in [1.54, 1.807) is 0 Å². The maximum absolute atomic E-state index is 4.02. The van der Waals surface area contributed by atoms with Gasteiger partial charge in [0, 0.05) is 11.8 Å². The zero-order valence-electron chi connectivity index (χ0n) is 4.09. The van der Waals surface area contributed by atoms with Crippen molar-refractivity contribution in [1.29, 1.82) is 0 Å². The van der Waals surface area contributed by atoms with Crippen LogP contribution in [-0.4, -0.2) is 4.37 Å². The monoisotopic (exact) mass is 112 g/mol. The Bertz CT molecular complexity index is 123. The van der Waals surface area contributed by atoms with Crippen LogP contribution in [0.3, 0.4) is 0 Å². The average Bonchev–Trinajstić information content (AvgIpc) is 2.14. The molecule has 0 amide bonds. The third kappa shape index (κ3) is 0.996. The van der Waals surface area contributed by atoms with Gasteiger partial charge in [-0.25, -0.2) is 0 Å². The lowest BCUT2D eigenvalue weighted by Gasteiger charge is -1.76. The first-order valence-electron chi connectivity index (χ1n) is 2.13. The first-order valence-corrected chi connectivity index (χ1v) is 2.97. The Hall–Kier alpha value is -0.370. The zero-order valence-corrected chi connectivity index (χ0v) is 4.90. The van der Waals surface area contributed by atoms with Crippen molar-refractivity contribution < 1.29 is 0 Å². The highest BCUT2D eigenvalue weighted by Crippen LogP contribution is 1.99. The van der Waals surface area contributed by atoms with Crippen molar-refractivity contribution >= 4 is 11.5 Å². The summed E-state index contributed by atoms with van der Waals surface area (Å²) in [4.78, 5) is 0. The van der Waals surface area contributed by atoms with Crippen LogP contribution in [-0.2, 0) is 0 Å². The highest BCUT2D eigenvalue weighted by Gasteiger charge is 1.84. The minimum atomic E-state index is 1.07. The number of aromatic nitrogens is 1. The molecule has 0 fully saturated rings. The standard InChI is InChI=1S/C5H6NS/c1-2-5-3-4-7-6-5/h2-4H,1H3. The lowest BCUT2D eigenvalue weighted by atomic mass is 10.4. The van der Waals surface area contributed by atoms with Crippen LogP contribution in [0.25, 0.3) is 0 Å². The van der Waals surface area contributed by atoms with E-state index in [9.17, 15) is 0 Å². The minimum Gasteiger partial charge on any atom is -0.197 e. The van der Waals surface area contributed by atoms with Crippen molar-refractivity contribution in [1.82, 2.24) is 4.37 Å². The zero-order chi connectivity index (χ0) is 5.11. The van der Waals surface area contributed by atoms with Crippen molar-refractivity contribution in [3.63, 3.8) is 0 Å². The molecule has 0 bridgehead atoms. The Balaban J connectivity index is 2.76. The molecule has 2 heteroatoms. The lowest BCUT2D eigenvalue weighted by Crippen LogP contribution is -1.68. The molecule has 37 valence electrons. The van der Waals surface area contributed by atoms with Crippen molar-refractivity contribution in [3.05, 3.63) is 23.6 Å². The maximum Gasteiger partial charge on any atom is 0.0576 e. The van der Waals surface area contributed by atoms with E-state index in [-0.39, 0.29) is 0 Å². The van der Waals surface area contributed by atoms with Crippen LogP contribution in [0, 0.1) is 6.42 Å². The fraction of sp³-hybridized carbons (Fsp3) is 0.200. The third-order valence-corrected chi connectivity index (χ3v) is 1.33. The highest BCUT2D eigenvalue weighted by molar-refractivity contribution is 7.03. The van der Waals surface area contributed by atoms with Crippen LogP contribution >= 0.6 is 11.5 Å². The van der Waals surface area contributed by atoms with Crippen molar-refractivity contribution in [3.8, 4) is 0 Å². The summed E-state index contributed by atoms with van der Waals surface area (Å²) in [7, 11) is 0. The molecule has 1 radical (unpaired) electrons. The topological polar surface area (TPSA) is 12.9 Å². The van der Waals surface area contributed by atoms with Gasteiger partial charge in [0.15, 0.2) is 0 Å². The van der Waals surface area contributed by atoms with E-state index in [2.05, 4.69) is 4.37 Å². The summed E-state index contributed by atoms with van der Waals surface area (Å²) in [5, 5.41) is 1.97. The fourth-order valence-corrected chi connectivity index (χ4v) is 0.920. The van der Waals surface area contributed by atoms with E-state index >= 15 is 0 Å². The smallest absolute Gasteiger partial charge is 0.0576 e. The molecule has 0 aliphatic heterocycles. The molecule has 0 aromatic carbocycles. The summed E-state index contributed by atoms with van der Waals surface area (Å²) in [6.07, 6.45) is 1.98. The SMILES string of the molecule is C[CH]c1ccsn1. The second-order valence-electron chi connectivity index (χ2n) is 1.21. The summed E-state index contributed by atoms with van der Waals surface area (Å²) in [6, 6.07) is 1.99. The molecule has 1 aromatic heterocycles. The molecule has 0 aliphatic rings. The highest BCUT2D eigenvalue weighted by atomic mass is 32.1. The van der Waals surface area contributed by atoms with Gasteiger partial charge < -0.3 is 0 Å². The Morgan fingerprint density at radius 3 is 3.00 bits per heavy atom. The van der Waals surface area contributed by atoms with Crippen LogP contribution in [0.5, 0.6) is 0 Å². The number of nitrogens with zero attached hydrogens (tertiary/aromatic N) is 1. The van der Waals surface area contributed by atoms with Gasteiger partial charge in [-0.05, 0) is 17.6 Å². The molecule has 0 saturated carbocycles. The lowest BCUT2D eigenvalue weighted by molar-refractivity contribution is 1.33. The van der Waals surface area contributed by atoms with Crippen LogP contribution in [0.15, 0.2) is 11.4 Å². The van der Waals surface area contributed by atoms with E-state index in [4.69, 9.17) is 0 Å². The second-order valence-corrected chi connectivity index (χ2v) is 1.88. The molecule has 7 heavy (non-hydrogen) atoms. The molecule has 0 atom stereocenters. The van der Waals surface area contributed by atoms with Crippen LogP contribution in [0.2, 0.25) is 0 Å². The second kappa shape index (κ2) is 2.07. The summed E-state index contributed by atoms with van der Waals surface area (Å²) < 4.78 is 4.02. The van der Waals surface area contributed by atoms with Gasteiger partial charge in [-0.2, -0.15) is 4.37 Å². The molecule has 0 unspecified atom stereocenters. The van der Waals surface area contributed by atoms with Gasteiger partial charge in [0.25, 0.3) is 0 Å². The largest absolute Gasteiger partial charge is 0.197 e. The Morgan fingerprint density at radius 2 is 2.71 bits per heavy atom. The molecule has 0 N–H and O–H groups in total. The number of rotatable bonds is 1. The summed E-state index contributed by atoms with van der Waals surface area (Å²) >= 11 is 1.48. The first kappa shape index (κ1) is 4.78. The summed E-state index contributed by atoms with van der Waals surface area (Å²) in [6.45, 7) is 1.98. The normalized spacial score (nSPS) is 9.29. The molecule has 1 nitrogen and oxygen atoms in total. The summed E-state index contributed by atoms with van der Waals surface area (Å²) in [5.41, 5.74) is 1.07. The van der Waals surface area contributed by atoms with Crippen LogP contribution in [0.1, 0.15) is 12.6 Å². The quantitative estimate of drug-likeness (QED) is 0.539. The van der Waals surface area contributed by atoms with E-state index in [0.717, 1.165) is 5.69 Å². The minimum absolute atomic E-state index is 1.07. The molecule has 1 aromatic rings. The maximum atomic E-state index is 4.02. The third-order valence-electron chi connectivity index (χ3n) is 0.754. The van der Waals surface area contributed by atoms with Crippen LogP contribution < -0.4 is 0 Å². The fourth-order valence-electron chi connectivity index (χ4n) is 0.371. The Labute approximate surface area is 47.2 Å². The Kier molecular flexibility index (Phi) is 1.42. The molecule has 0 spiro atoms. The molecular formula is C5H6NS. The van der Waals surface area contributed by atoms with Crippen LogP contribution in [0.4, 0.5) is 0 Å². The van der Waals surface area contributed by atoms with Gasteiger partial charge in [0.05, 0.1) is 5.69 Å². The molecule has 0 aliphatic carbocycles. The van der Waals surface area contributed by atoms with Gasteiger partial charge in [-0.3, -0.25) is 0 Å². The van der Waals surface area contributed by atoms with Crippen molar-refractivity contribution in [2.24, 2.45) is 0 Å². The van der Waals surface area contributed by atoms with Crippen molar-refractivity contribution in [2.45, 2.75) is 6.92 Å². The van der Waals surface area contributed by atoms with Gasteiger partial charge in [0.2, 0.25) is 0 Å². The molecule has 1 rings (SSSR count). The van der Waals surface area contributed by atoms with Gasteiger partial charge in [-0.15, -0.1) is 0 Å². The molecule has 0 saturated heterocycles. The first-order chi connectivity index (χ1) is 3.43. The predicted octanol–water partition coefficient (Wildman–Crippen LogP) is 1.72. The Morgan fingerprint density at radius 1 is 1.86 bits per heavy atom. The van der Waals surface area contributed by atoms with E-state index < -0.39 is 0 Å². The van der Waals surface area contributed by atoms with Crippen molar-refractivity contribution in [2.75, 3.05) is 0 Å². The van der Waals surface area contributed by atoms with E-state index in [1.165, 1.54) is 11.5 Å². The molecular weight excluding hydrogens is 106 g/mol.